The molecule has 0 unspecified atom stereocenters. The normalized spacial score (nSPS) is 11.1. The van der Waals surface area contributed by atoms with Crippen LogP contribution in [-0.4, -0.2) is 36.4 Å². The van der Waals surface area contributed by atoms with Crippen LogP contribution in [0.4, 0.5) is 10.1 Å². The van der Waals surface area contributed by atoms with Gasteiger partial charge in [-0.3, -0.25) is 0 Å². The van der Waals surface area contributed by atoms with Crippen molar-refractivity contribution in [3.05, 3.63) is 51.9 Å². The minimum atomic E-state index is -0.197. The lowest BCUT2D eigenvalue weighted by Crippen LogP contribution is -2.14. The standard InChI is InChI=1S/C20H25BrFN3O/c1-4-25(3)14-23-19-13-18(21)20(24-15(19)2)26-12-6-5-7-16-8-10-17(22)11-9-16/h8-11,13-14H,4-7,12H2,1-3H3. The zero-order valence-corrected chi connectivity index (χ0v) is 17.1. The molecule has 1 aromatic carbocycles. The predicted octanol–water partition coefficient (Wildman–Crippen LogP) is 5.30. The number of pyridine rings is 1. The van der Waals surface area contributed by atoms with E-state index in [-0.39, 0.29) is 5.82 Å². The summed E-state index contributed by atoms with van der Waals surface area (Å²) >= 11 is 3.51. The molecule has 1 aromatic heterocycles. The van der Waals surface area contributed by atoms with Crippen LogP contribution < -0.4 is 4.74 Å². The number of nitrogens with zero attached hydrogens (tertiary/aromatic N) is 3. The highest BCUT2D eigenvalue weighted by Gasteiger charge is 2.08. The average molecular weight is 422 g/mol. The molecule has 0 spiro atoms. The highest BCUT2D eigenvalue weighted by molar-refractivity contribution is 9.10. The number of aliphatic imine (C=N–C) groups is 1. The number of hydrogen-bond acceptors (Lipinski definition) is 3. The first-order chi connectivity index (χ1) is 12.5. The van der Waals surface area contributed by atoms with Crippen LogP contribution in [0.15, 0.2) is 39.8 Å². The predicted molar refractivity (Wildman–Crippen MR) is 108 cm³/mol. The Balaban J connectivity index is 1.82. The Kier molecular flexibility index (Phi) is 8.04. The molecule has 0 saturated heterocycles. The van der Waals surface area contributed by atoms with E-state index in [1.165, 1.54) is 12.1 Å². The maximum absolute atomic E-state index is 12.9. The molecule has 0 aliphatic carbocycles. The Bertz CT molecular complexity index is 735. The van der Waals surface area contributed by atoms with Crippen molar-refractivity contribution in [3.63, 3.8) is 0 Å². The number of rotatable bonds is 9. The minimum Gasteiger partial charge on any atom is -0.477 e. The number of aromatic nitrogens is 1. The zero-order valence-electron chi connectivity index (χ0n) is 15.5. The van der Waals surface area contributed by atoms with Gasteiger partial charge < -0.3 is 9.64 Å². The Labute approximate surface area is 163 Å². The third-order valence-electron chi connectivity index (χ3n) is 4.01. The third kappa shape index (κ3) is 6.41. The van der Waals surface area contributed by atoms with Gasteiger partial charge in [-0.15, -0.1) is 0 Å². The SMILES string of the molecule is CCN(C)C=Nc1cc(Br)c(OCCCCc2ccc(F)cc2)nc1C. The maximum Gasteiger partial charge on any atom is 0.228 e. The molecule has 0 saturated carbocycles. The molecular formula is C20H25BrFN3O. The summed E-state index contributed by atoms with van der Waals surface area (Å²) in [4.78, 5) is 11.0. The van der Waals surface area contributed by atoms with Crippen LogP contribution in [0.2, 0.25) is 0 Å². The van der Waals surface area contributed by atoms with Crippen LogP contribution in [0.25, 0.3) is 0 Å². The fourth-order valence-electron chi connectivity index (χ4n) is 2.27. The molecule has 0 N–H and O–H groups in total. The first-order valence-electron chi connectivity index (χ1n) is 8.78. The third-order valence-corrected chi connectivity index (χ3v) is 4.58. The second-order valence-electron chi connectivity index (χ2n) is 6.13. The van der Waals surface area contributed by atoms with Crippen LogP contribution in [0.3, 0.4) is 0 Å². The van der Waals surface area contributed by atoms with Crippen molar-refractivity contribution in [2.75, 3.05) is 20.2 Å². The van der Waals surface area contributed by atoms with Gasteiger partial charge >= 0.3 is 0 Å². The summed E-state index contributed by atoms with van der Waals surface area (Å²) in [6.45, 7) is 5.48. The van der Waals surface area contributed by atoms with Crippen molar-refractivity contribution in [2.24, 2.45) is 4.99 Å². The van der Waals surface area contributed by atoms with Gasteiger partial charge in [-0.05, 0) is 72.8 Å². The molecule has 0 radical (unpaired) electrons. The molecule has 2 aromatic rings. The van der Waals surface area contributed by atoms with E-state index in [2.05, 4.69) is 32.8 Å². The smallest absolute Gasteiger partial charge is 0.228 e. The van der Waals surface area contributed by atoms with E-state index in [1.807, 2.05) is 37.1 Å². The van der Waals surface area contributed by atoms with Crippen LogP contribution in [0.1, 0.15) is 31.0 Å². The molecular weight excluding hydrogens is 397 g/mol. The quantitative estimate of drug-likeness (QED) is 0.313. The number of hydrogen-bond donors (Lipinski definition) is 0. The molecule has 26 heavy (non-hydrogen) atoms. The number of aryl methyl sites for hydroxylation is 2. The summed E-state index contributed by atoms with van der Waals surface area (Å²) in [7, 11) is 1.98. The summed E-state index contributed by atoms with van der Waals surface area (Å²) in [5.74, 6) is 0.393. The topological polar surface area (TPSA) is 37.7 Å². The summed E-state index contributed by atoms with van der Waals surface area (Å²) in [5.41, 5.74) is 2.79. The van der Waals surface area contributed by atoms with E-state index in [9.17, 15) is 4.39 Å². The molecule has 0 bridgehead atoms. The van der Waals surface area contributed by atoms with E-state index in [0.717, 1.165) is 47.2 Å². The second-order valence-corrected chi connectivity index (χ2v) is 6.98. The minimum absolute atomic E-state index is 0.197. The fourth-order valence-corrected chi connectivity index (χ4v) is 2.69. The van der Waals surface area contributed by atoms with E-state index < -0.39 is 0 Å². The van der Waals surface area contributed by atoms with Crippen molar-refractivity contribution >= 4 is 28.0 Å². The lowest BCUT2D eigenvalue weighted by molar-refractivity contribution is 0.293. The van der Waals surface area contributed by atoms with Gasteiger partial charge in [0.15, 0.2) is 0 Å². The largest absolute Gasteiger partial charge is 0.477 e. The Hall–Kier alpha value is -1.95. The van der Waals surface area contributed by atoms with Gasteiger partial charge in [0.05, 0.1) is 28.8 Å². The van der Waals surface area contributed by atoms with Crippen molar-refractivity contribution in [1.82, 2.24) is 9.88 Å². The molecule has 0 aliphatic heterocycles. The molecule has 0 aliphatic rings. The first-order valence-corrected chi connectivity index (χ1v) is 9.57. The van der Waals surface area contributed by atoms with Crippen LogP contribution in [0.5, 0.6) is 5.88 Å². The van der Waals surface area contributed by atoms with E-state index >= 15 is 0 Å². The van der Waals surface area contributed by atoms with E-state index in [1.54, 1.807) is 6.34 Å². The van der Waals surface area contributed by atoms with Crippen molar-refractivity contribution in [3.8, 4) is 5.88 Å². The Morgan fingerprint density at radius 3 is 2.69 bits per heavy atom. The molecule has 0 fully saturated rings. The monoisotopic (exact) mass is 421 g/mol. The summed E-state index contributed by atoms with van der Waals surface area (Å²) in [6.07, 6.45) is 4.60. The molecule has 0 amide bonds. The van der Waals surface area contributed by atoms with Crippen molar-refractivity contribution < 1.29 is 9.13 Å². The van der Waals surface area contributed by atoms with Gasteiger partial charge in [0.25, 0.3) is 0 Å². The van der Waals surface area contributed by atoms with Gasteiger partial charge in [-0.2, -0.15) is 0 Å². The van der Waals surface area contributed by atoms with E-state index in [0.29, 0.717) is 12.5 Å². The van der Waals surface area contributed by atoms with Crippen molar-refractivity contribution in [2.45, 2.75) is 33.1 Å². The highest BCUT2D eigenvalue weighted by Crippen LogP contribution is 2.29. The number of unbranched alkanes of at least 4 members (excludes halogenated alkanes) is 1. The molecule has 6 heteroatoms. The van der Waals surface area contributed by atoms with Gasteiger partial charge in [0, 0.05) is 13.6 Å². The van der Waals surface area contributed by atoms with Crippen LogP contribution >= 0.6 is 15.9 Å². The Morgan fingerprint density at radius 1 is 1.27 bits per heavy atom. The van der Waals surface area contributed by atoms with Gasteiger partial charge in [-0.25, -0.2) is 14.4 Å². The number of halogens is 2. The van der Waals surface area contributed by atoms with Gasteiger partial charge in [-0.1, -0.05) is 12.1 Å². The molecule has 1 heterocycles. The molecule has 4 nitrogen and oxygen atoms in total. The second kappa shape index (κ2) is 10.3. The lowest BCUT2D eigenvalue weighted by Gasteiger charge is -2.11. The van der Waals surface area contributed by atoms with Gasteiger partial charge in [0.1, 0.15) is 5.82 Å². The number of ether oxygens (including phenoxy) is 1. The fraction of sp³-hybridized carbons (Fsp3) is 0.400. The summed E-state index contributed by atoms with van der Waals surface area (Å²) in [6, 6.07) is 8.58. The summed E-state index contributed by atoms with van der Waals surface area (Å²) in [5, 5.41) is 0. The average Bonchev–Trinajstić information content (AvgIpc) is 2.63. The Morgan fingerprint density at radius 2 is 2.00 bits per heavy atom. The van der Waals surface area contributed by atoms with E-state index in [4.69, 9.17) is 4.74 Å². The molecule has 0 atom stereocenters. The van der Waals surface area contributed by atoms with Crippen molar-refractivity contribution in [1.29, 1.82) is 0 Å². The molecule has 2 rings (SSSR count). The van der Waals surface area contributed by atoms with Crippen LogP contribution in [0, 0.1) is 12.7 Å². The summed E-state index contributed by atoms with van der Waals surface area (Å²) < 4.78 is 19.5. The van der Waals surface area contributed by atoms with Crippen LogP contribution in [-0.2, 0) is 6.42 Å². The maximum atomic E-state index is 12.9. The zero-order chi connectivity index (χ0) is 18.9. The molecule has 140 valence electrons. The first kappa shape index (κ1) is 20.4. The highest BCUT2D eigenvalue weighted by atomic mass is 79.9. The van der Waals surface area contributed by atoms with Gasteiger partial charge in [0.2, 0.25) is 5.88 Å². The lowest BCUT2D eigenvalue weighted by atomic mass is 10.1. The number of benzene rings is 1.